The van der Waals surface area contributed by atoms with Crippen LogP contribution in [-0.2, 0) is 13.0 Å². The van der Waals surface area contributed by atoms with Gasteiger partial charge in [0, 0.05) is 42.5 Å². The van der Waals surface area contributed by atoms with Crippen LogP contribution in [0.1, 0.15) is 36.7 Å². The molecule has 0 bridgehead atoms. The molecule has 0 aliphatic heterocycles. The zero-order valence-corrected chi connectivity index (χ0v) is 15.2. The van der Waals surface area contributed by atoms with Crippen LogP contribution < -0.4 is 5.32 Å². The number of hydrogen-bond acceptors (Lipinski definition) is 2. The van der Waals surface area contributed by atoms with Gasteiger partial charge < -0.3 is 15.2 Å². The number of H-pyrrole nitrogens is 2. The van der Waals surface area contributed by atoms with Crippen molar-refractivity contribution in [3.8, 4) is 0 Å². The second kappa shape index (κ2) is 6.86. The van der Waals surface area contributed by atoms with Crippen molar-refractivity contribution in [3.05, 3.63) is 53.5 Å². The van der Waals surface area contributed by atoms with Crippen molar-refractivity contribution >= 4 is 16.9 Å². The standard InChI is InChI=1S/C20H25N5O/c1-13(9-17-10-14(2)23-24-17)22-20(26)25(18-4-5-18)12-15-3-6-19-16(11-15)7-8-21-19/h3,6-8,10-11,13,18,21H,4-5,9,12H2,1-2H3,(H,22,26)(H,23,24). The average molecular weight is 351 g/mol. The van der Waals surface area contributed by atoms with Crippen molar-refractivity contribution < 1.29 is 4.79 Å². The number of hydrogen-bond donors (Lipinski definition) is 3. The Morgan fingerprint density at radius 3 is 2.92 bits per heavy atom. The van der Waals surface area contributed by atoms with Crippen molar-refractivity contribution in [2.75, 3.05) is 0 Å². The van der Waals surface area contributed by atoms with Crippen molar-refractivity contribution in [1.29, 1.82) is 0 Å². The summed E-state index contributed by atoms with van der Waals surface area (Å²) >= 11 is 0. The predicted molar refractivity (Wildman–Crippen MR) is 102 cm³/mol. The molecule has 26 heavy (non-hydrogen) atoms. The van der Waals surface area contributed by atoms with Crippen molar-refractivity contribution in [2.45, 2.75) is 51.7 Å². The molecule has 1 saturated carbocycles. The highest BCUT2D eigenvalue weighted by Crippen LogP contribution is 2.29. The Labute approximate surface area is 153 Å². The molecule has 1 aromatic carbocycles. The Kier molecular flexibility index (Phi) is 4.41. The lowest BCUT2D eigenvalue weighted by Gasteiger charge is -2.25. The highest BCUT2D eigenvalue weighted by atomic mass is 16.2. The molecule has 0 saturated heterocycles. The number of fused-ring (bicyclic) bond motifs is 1. The Hall–Kier alpha value is -2.76. The summed E-state index contributed by atoms with van der Waals surface area (Å²) in [7, 11) is 0. The number of carbonyl (C=O) groups is 1. The second-order valence-electron chi connectivity index (χ2n) is 7.36. The number of rotatable bonds is 6. The summed E-state index contributed by atoms with van der Waals surface area (Å²) in [5, 5.41) is 11.5. The third-order valence-corrected chi connectivity index (χ3v) is 4.86. The fourth-order valence-corrected chi connectivity index (χ4v) is 3.39. The van der Waals surface area contributed by atoms with E-state index in [9.17, 15) is 4.79 Å². The van der Waals surface area contributed by atoms with E-state index in [-0.39, 0.29) is 12.1 Å². The fraction of sp³-hybridized carbons (Fsp3) is 0.400. The minimum atomic E-state index is 0.0152. The summed E-state index contributed by atoms with van der Waals surface area (Å²) in [6.07, 6.45) is 4.85. The minimum absolute atomic E-state index is 0.0152. The van der Waals surface area contributed by atoms with Crippen molar-refractivity contribution in [1.82, 2.24) is 25.4 Å². The molecule has 1 atom stereocenters. The smallest absolute Gasteiger partial charge is 0.318 e. The molecule has 1 fully saturated rings. The van der Waals surface area contributed by atoms with Crippen LogP contribution in [0.2, 0.25) is 0 Å². The Bertz CT molecular complexity index is 908. The number of carbonyl (C=O) groups excluding carboxylic acids is 1. The van der Waals surface area contributed by atoms with Gasteiger partial charge in [0.1, 0.15) is 0 Å². The van der Waals surface area contributed by atoms with E-state index in [1.165, 1.54) is 5.39 Å². The molecule has 4 rings (SSSR count). The van der Waals surface area contributed by atoms with E-state index in [1.54, 1.807) is 0 Å². The van der Waals surface area contributed by atoms with Crippen LogP contribution in [0.25, 0.3) is 10.9 Å². The average Bonchev–Trinajstić information content (AvgIpc) is 3.20. The molecular formula is C20H25N5O. The largest absolute Gasteiger partial charge is 0.361 e. The highest BCUT2D eigenvalue weighted by Gasteiger charge is 2.33. The van der Waals surface area contributed by atoms with Crippen LogP contribution in [0, 0.1) is 6.92 Å². The molecule has 6 heteroatoms. The van der Waals surface area contributed by atoms with Gasteiger partial charge in [-0.2, -0.15) is 5.10 Å². The van der Waals surface area contributed by atoms with Crippen molar-refractivity contribution in [3.63, 3.8) is 0 Å². The van der Waals surface area contributed by atoms with Crippen LogP contribution >= 0.6 is 0 Å². The summed E-state index contributed by atoms with van der Waals surface area (Å²) in [6, 6.07) is 10.8. The van der Waals surface area contributed by atoms with Gasteiger partial charge in [0.05, 0.1) is 5.69 Å². The van der Waals surface area contributed by atoms with Crippen LogP contribution in [0.5, 0.6) is 0 Å². The van der Waals surface area contributed by atoms with E-state index >= 15 is 0 Å². The second-order valence-corrected chi connectivity index (χ2v) is 7.36. The monoisotopic (exact) mass is 351 g/mol. The summed E-state index contributed by atoms with van der Waals surface area (Å²) in [6.45, 7) is 4.65. The van der Waals surface area contributed by atoms with Crippen LogP contribution in [0.15, 0.2) is 36.5 Å². The van der Waals surface area contributed by atoms with E-state index in [0.29, 0.717) is 12.6 Å². The summed E-state index contributed by atoms with van der Waals surface area (Å²) < 4.78 is 0. The molecule has 3 aromatic rings. The molecule has 136 valence electrons. The first-order chi connectivity index (χ1) is 12.6. The summed E-state index contributed by atoms with van der Waals surface area (Å²) in [4.78, 5) is 18.0. The third kappa shape index (κ3) is 3.74. The van der Waals surface area contributed by atoms with Gasteiger partial charge in [0.15, 0.2) is 0 Å². The van der Waals surface area contributed by atoms with Gasteiger partial charge >= 0.3 is 6.03 Å². The zero-order valence-electron chi connectivity index (χ0n) is 15.2. The molecule has 1 aliphatic carbocycles. The number of benzene rings is 1. The topological polar surface area (TPSA) is 76.8 Å². The van der Waals surface area contributed by atoms with Gasteiger partial charge in [-0.3, -0.25) is 5.10 Å². The number of amides is 2. The summed E-state index contributed by atoms with van der Waals surface area (Å²) in [5.41, 5.74) is 4.30. The molecule has 2 aromatic heterocycles. The molecular weight excluding hydrogens is 326 g/mol. The maximum atomic E-state index is 12.8. The lowest BCUT2D eigenvalue weighted by atomic mass is 10.1. The number of nitrogens with one attached hydrogen (secondary N) is 3. The molecule has 6 nitrogen and oxygen atoms in total. The van der Waals surface area contributed by atoms with Gasteiger partial charge in [0.25, 0.3) is 0 Å². The maximum absolute atomic E-state index is 12.8. The quantitative estimate of drug-likeness (QED) is 0.636. The summed E-state index contributed by atoms with van der Waals surface area (Å²) in [5.74, 6) is 0. The lowest BCUT2D eigenvalue weighted by molar-refractivity contribution is 0.188. The van der Waals surface area contributed by atoms with E-state index < -0.39 is 0 Å². The van der Waals surface area contributed by atoms with Crippen LogP contribution in [0.3, 0.4) is 0 Å². The number of aromatic amines is 2. The van der Waals surface area contributed by atoms with Crippen LogP contribution in [0.4, 0.5) is 4.79 Å². The van der Waals surface area contributed by atoms with Crippen molar-refractivity contribution in [2.24, 2.45) is 0 Å². The Morgan fingerprint density at radius 1 is 1.35 bits per heavy atom. The lowest BCUT2D eigenvalue weighted by Crippen LogP contribution is -2.45. The first-order valence-corrected chi connectivity index (χ1v) is 9.22. The van der Waals surface area contributed by atoms with Gasteiger partial charge in [-0.1, -0.05) is 6.07 Å². The molecule has 1 aliphatic rings. The number of nitrogens with zero attached hydrogens (tertiary/aromatic N) is 2. The molecule has 0 radical (unpaired) electrons. The molecule has 2 heterocycles. The number of urea groups is 1. The normalized spacial score (nSPS) is 15.2. The zero-order chi connectivity index (χ0) is 18.1. The Balaban J connectivity index is 1.41. The Morgan fingerprint density at radius 2 is 2.19 bits per heavy atom. The number of aromatic nitrogens is 3. The van der Waals surface area contributed by atoms with E-state index in [1.807, 2.05) is 31.0 Å². The fourth-order valence-electron chi connectivity index (χ4n) is 3.39. The van der Waals surface area contributed by atoms with Gasteiger partial charge in [-0.25, -0.2) is 4.79 Å². The SMILES string of the molecule is Cc1cc(CC(C)NC(=O)N(Cc2ccc3[nH]ccc3c2)C2CC2)n[nH]1. The van der Waals surface area contributed by atoms with Gasteiger partial charge in [-0.15, -0.1) is 0 Å². The first-order valence-electron chi connectivity index (χ1n) is 9.22. The molecule has 1 unspecified atom stereocenters. The predicted octanol–water partition coefficient (Wildman–Crippen LogP) is 3.50. The van der Waals surface area contributed by atoms with Crippen LogP contribution in [-0.4, -0.2) is 38.2 Å². The van der Waals surface area contributed by atoms with E-state index in [4.69, 9.17) is 0 Å². The van der Waals surface area contributed by atoms with Gasteiger partial charge in [-0.05, 0) is 61.9 Å². The van der Waals surface area contributed by atoms with E-state index in [0.717, 1.165) is 41.7 Å². The first kappa shape index (κ1) is 16.7. The third-order valence-electron chi connectivity index (χ3n) is 4.86. The van der Waals surface area contributed by atoms with E-state index in [2.05, 4.69) is 44.8 Å². The number of aryl methyl sites for hydroxylation is 1. The van der Waals surface area contributed by atoms with Gasteiger partial charge in [0.2, 0.25) is 0 Å². The maximum Gasteiger partial charge on any atom is 0.318 e. The minimum Gasteiger partial charge on any atom is -0.361 e. The highest BCUT2D eigenvalue weighted by molar-refractivity contribution is 5.80. The molecule has 2 amide bonds. The molecule has 0 spiro atoms. The molecule has 3 N–H and O–H groups in total.